The molecule has 0 unspecified atom stereocenters. The lowest BCUT2D eigenvalue weighted by Gasteiger charge is -2.14. The van der Waals surface area contributed by atoms with Crippen molar-refractivity contribution in [1.29, 1.82) is 0 Å². The number of benzene rings is 8. The fourth-order valence-corrected chi connectivity index (χ4v) is 9.26. The topological polar surface area (TPSA) is 22.8 Å². The number of rotatable bonds is 4. The van der Waals surface area contributed by atoms with Crippen molar-refractivity contribution < 1.29 is 0 Å². The second kappa shape index (κ2) is 11.0. The molecule has 0 aliphatic carbocycles. The molecule has 3 nitrogen and oxygen atoms in total. The average molecular weight is 668 g/mol. The molecule has 3 heterocycles. The maximum absolute atomic E-state index is 5.19. The maximum Gasteiger partial charge on any atom is 0.145 e. The molecule has 8 aromatic carbocycles. The molecule has 0 radical (unpaired) electrons. The number of nitrogens with zero attached hydrogens (tertiary/aromatic N) is 3. The van der Waals surface area contributed by atoms with E-state index < -0.39 is 0 Å². The van der Waals surface area contributed by atoms with Crippen molar-refractivity contribution in [2.45, 2.75) is 0 Å². The molecule has 0 saturated carbocycles. The molecule has 238 valence electrons. The lowest BCUT2D eigenvalue weighted by molar-refractivity contribution is 1.11. The number of hydrogen-bond donors (Lipinski definition) is 0. The van der Waals surface area contributed by atoms with Crippen LogP contribution < -0.4 is 0 Å². The van der Waals surface area contributed by atoms with E-state index in [0.29, 0.717) is 0 Å². The molecule has 0 N–H and O–H groups in total. The molecule has 0 aliphatic heterocycles. The second-order valence-corrected chi connectivity index (χ2v) is 14.2. The first-order chi connectivity index (χ1) is 25.3. The van der Waals surface area contributed by atoms with Crippen molar-refractivity contribution >= 4 is 75.1 Å². The van der Waals surface area contributed by atoms with Crippen LogP contribution in [0.15, 0.2) is 176 Å². The zero-order valence-corrected chi connectivity index (χ0v) is 28.3. The van der Waals surface area contributed by atoms with Crippen molar-refractivity contribution in [3.63, 3.8) is 0 Å². The number of fused-ring (bicyclic) bond motifs is 8. The molecule has 4 heteroatoms. The van der Waals surface area contributed by atoms with Gasteiger partial charge < -0.3 is 4.57 Å². The lowest BCUT2D eigenvalue weighted by atomic mass is 10.0. The van der Waals surface area contributed by atoms with E-state index in [1.165, 1.54) is 63.9 Å². The Morgan fingerprint density at radius 2 is 1.10 bits per heavy atom. The summed E-state index contributed by atoms with van der Waals surface area (Å²) in [5, 5.41) is 7.57. The van der Waals surface area contributed by atoms with Crippen LogP contribution in [-0.4, -0.2) is 14.1 Å². The standard InChI is InChI=1S/C47H29N3S/c1-2-13-34-30(11-1)12-9-21-41(34)50-44-20-7-5-18-40(44)48-47(50)31-23-26-33(27-24-31)49-42-19-6-3-14-36(42)39-29-32(25-28-43(39)49)35-16-10-17-38-37-15-4-8-22-45(37)51-46(35)38/h1-29H. The van der Waals surface area contributed by atoms with E-state index in [9.17, 15) is 0 Å². The van der Waals surface area contributed by atoms with Gasteiger partial charge in [-0.15, -0.1) is 11.3 Å². The van der Waals surface area contributed by atoms with Gasteiger partial charge in [-0.05, 0) is 83.2 Å². The van der Waals surface area contributed by atoms with Gasteiger partial charge in [0.1, 0.15) is 5.82 Å². The molecule has 0 aliphatic rings. The van der Waals surface area contributed by atoms with Crippen molar-refractivity contribution in [3.05, 3.63) is 176 Å². The van der Waals surface area contributed by atoms with E-state index in [1.807, 2.05) is 11.3 Å². The molecule has 0 spiro atoms. The monoisotopic (exact) mass is 667 g/mol. The van der Waals surface area contributed by atoms with Crippen LogP contribution >= 0.6 is 11.3 Å². The largest absolute Gasteiger partial charge is 0.309 e. The summed E-state index contributed by atoms with van der Waals surface area (Å²) in [7, 11) is 0. The van der Waals surface area contributed by atoms with E-state index in [0.717, 1.165) is 33.8 Å². The minimum atomic E-state index is 0.932. The van der Waals surface area contributed by atoms with Crippen LogP contribution in [0, 0.1) is 0 Å². The number of para-hydroxylation sites is 3. The van der Waals surface area contributed by atoms with Gasteiger partial charge in [0, 0.05) is 47.6 Å². The number of aromatic nitrogens is 3. The minimum Gasteiger partial charge on any atom is -0.309 e. The molecule has 11 rings (SSSR count). The third kappa shape index (κ3) is 4.27. The molecule has 11 aromatic rings. The highest BCUT2D eigenvalue weighted by atomic mass is 32.1. The minimum absolute atomic E-state index is 0.932. The normalized spacial score (nSPS) is 11.9. The Labute approximate surface area is 297 Å². The number of imidazole rings is 1. The first-order valence-corrected chi connectivity index (χ1v) is 18.1. The molecule has 0 atom stereocenters. The van der Waals surface area contributed by atoms with Gasteiger partial charge in [-0.2, -0.15) is 0 Å². The van der Waals surface area contributed by atoms with Crippen LogP contribution in [-0.2, 0) is 0 Å². The van der Waals surface area contributed by atoms with Gasteiger partial charge in [0.15, 0.2) is 0 Å². The van der Waals surface area contributed by atoms with Crippen molar-refractivity contribution in [2.24, 2.45) is 0 Å². The highest BCUT2D eigenvalue weighted by molar-refractivity contribution is 7.26. The summed E-state index contributed by atoms with van der Waals surface area (Å²) in [6.07, 6.45) is 0. The SMILES string of the molecule is c1ccc2c(-n3c(-c4ccc(-n5c6ccccc6c6cc(-c7cccc8c7sc7ccccc78)ccc65)cc4)nc4ccccc43)cccc2c1. The molecule has 0 saturated heterocycles. The predicted molar refractivity (Wildman–Crippen MR) is 217 cm³/mol. The zero-order valence-electron chi connectivity index (χ0n) is 27.5. The van der Waals surface area contributed by atoms with E-state index in [1.54, 1.807) is 0 Å². The number of thiophene rings is 1. The first-order valence-electron chi connectivity index (χ1n) is 17.3. The smallest absolute Gasteiger partial charge is 0.145 e. The zero-order chi connectivity index (χ0) is 33.5. The van der Waals surface area contributed by atoms with Gasteiger partial charge in [-0.3, -0.25) is 4.57 Å². The fourth-order valence-electron chi connectivity index (χ4n) is 8.02. The van der Waals surface area contributed by atoms with Crippen LogP contribution in [0.3, 0.4) is 0 Å². The Balaban J connectivity index is 1.06. The van der Waals surface area contributed by atoms with Crippen LogP contribution in [0.4, 0.5) is 0 Å². The van der Waals surface area contributed by atoms with Gasteiger partial charge >= 0.3 is 0 Å². The number of hydrogen-bond acceptors (Lipinski definition) is 2. The van der Waals surface area contributed by atoms with Gasteiger partial charge in [0.2, 0.25) is 0 Å². The van der Waals surface area contributed by atoms with Crippen LogP contribution in [0.1, 0.15) is 0 Å². The van der Waals surface area contributed by atoms with E-state index >= 15 is 0 Å². The summed E-state index contributed by atoms with van der Waals surface area (Å²) in [4.78, 5) is 5.19. The fraction of sp³-hybridized carbons (Fsp3) is 0. The molecular weight excluding hydrogens is 639 g/mol. The third-order valence-electron chi connectivity index (χ3n) is 10.3. The van der Waals surface area contributed by atoms with E-state index in [4.69, 9.17) is 4.98 Å². The van der Waals surface area contributed by atoms with Gasteiger partial charge in [-0.25, -0.2) is 4.98 Å². The second-order valence-electron chi connectivity index (χ2n) is 13.2. The summed E-state index contributed by atoms with van der Waals surface area (Å²) >= 11 is 1.88. The summed E-state index contributed by atoms with van der Waals surface area (Å²) in [5.41, 5.74) is 10.3. The third-order valence-corrected chi connectivity index (χ3v) is 11.6. The van der Waals surface area contributed by atoms with E-state index in [-0.39, 0.29) is 0 Å². The van der Waals surface area contributed by atoms with E-state index in [2.05, 4.69) is 185 Å². The Bertz CT molecular complexity index is 3140. The average Bonchev–Trinajstić information content (AvgIpc) is 3.87. The Hall–Kier alpha value is -6.49. The molecule has 3 aromatic heterocycles. The predicted octanol–water partition coefficient (Wildman–Crippen LogP) is 13.0. The summed E-state index contributed by atoms with van der Waals surface area (Å²) < 4.78 is 7.37. The Morgan fingerprint density at radius 1 is 0.431 bits per heavy atom. The van der Waals surface area contributed by atoms with Crippen LogP contribution in [0.5, 0.6) is 0 Å². The summed E-state index contributed by atoms with van der Waals surface area (Å²) in [6.45, 7) is 0. The highest BCUT2D eigenvalue weighted by Crippen LogP contribution is 2.42. The van der Waals surface area contributed by atoms with Gasteiger partial charge in [-0.1, -0.05) is 109 Å². The summed E-state index contributed by atoms with van der Waals surface area (Å²) in [5.74, 6) is 0.932. The lowest BCUT2D eigenvalue weighted by Crippen LogP contribution is -1.99. The van der Waals surface area contributed by atoms with Gasteiger partial charge in [0.05, 0.1) is 27.8 Å². The van der Waals surface area contributed by atoms with Crippen LogP contribution in [0.25, 0.3) is 97.7 Å². The molecular formula is C47H29N3S. The van der Waals surface area contributed by atoms with Crippen molar-refractivity contribution in [2.75, 3.05) is 0 Å². The first kappa shape index (κ1) is 28.4. The maximum atomic E-state index is 5.19. The molecule has 0 bridgehead atoms. The molecule has 0 amide bonds. The quantitative estimate of drug-likeness (QED) is 0.183. The molecule has 51 heavy (non-hydrogen) atoms. The van der Waals surface area contributed by atoms with Crippen molar-refractivity contribution in [1.82, 2.24) is 14.1 Å². The molecule has 0 fully saturated rings. The van der Waals surface area contributed by atoms with Gasteiger partial charge in [0.25, 0.3) is 0 Å². The summed E-state index contributed by atoms with van der Waals surface area (Å²) in [6, 6.07) is 63.6. The van der Waals surface area contributed by atoms with Crippen molar-refractivity contribution in [3.8, 4) is 33.9 Å². The Morgan fingerprint density at radius 3 is 2.00 bits per heavy atom. The van der Waals surface area contributed by atoms with Crippen LogP contribution in [0.2, 0.25) is 0 Å². The highest BCUT2D eigenvalue weighted by Gasteiger charge is 2.18. The Kier molecular flexibility index (Phi) is 6.12.